The summed E-state index contributed by atoms with van der Waals surface area (Å²) in [7, 11) is 4.22. The fourth-order valence-corrected chi connectivity index (χ4v) is 3.40. The quantitative estimate of drug-likeness (QED) is 0.735. The number of hydrogen-bond acceptors (Lipinski definition) is 3. The normalized spacial score (nSPS) is 34.8. The minimum atomic E-state index is -0.171. The molecule has 0 saturated heterocycles. The molecule has 0 aromatic heterocycles. The van der Waals surface area contributed by atoms with Crippen LogP contribution in [0.1, 0.15) is 51.4 Å². The van der Waals surface area contributed by atoms with E-state index >= 15 is 0 Å². The lowest BCUT2D eigenvalue weighted by Gasteiger charge is -2.34. The SMILES string of the molecule is CN(C)C1CCCC(NC(=O)NC2CCC(O)CC2)C1. The highest BCUT2D eigenvalue weighted by Crippen LogP contribution is 2.22. The van der Waals surface area contributed by atoms with Crippen molar-refractivity contribution in [2.45, 2.75) is 75.6 Å². The van der Waals surface area contributed by atoms with E-state index in [1.54, 1.807) is 0 Å². The fraction of sp³-hybridized carbons (Fsp3) is 0.933. The number of rotatable bonds is 3. The molecular formula is C15H29N3O2. The second kappa shape index (κ2) is 7.27. The van der Waals surface area contributed by atoms with Crippen LogP contribution in [0.2, 0.25) is 0 Å². The van der Waals surface area contributed by atoms with Crippen LogP contribution in [0, 0.1) is 0 Å². The minimum absolute atomic E-state index is 0.0317. The number of carbonyl (C=O) groups is 1. The van der Waals surface area contributed by atoms with Gasteiger partial charge in [-0.2, -0.15) is 0 Å². The maximum atomic E-state index is 12.0. The first-order valence-corrected chi connectivity index (χ1v) is 7.96. The van der Waals surface area contributed by atoms with Gasteiger partial charge in [0.05, 0.1) is 6.10 Å². The summed E-state index contributed by atoms with van der Waals surface area (Å²) in [5, 5.41) is 15.6. The van der Waals surface area contributed by atoms with Gasteiger partial charge in [0, 0.05) is 18.1 Å². The van der Waals surface area contributed by atoms with Crippen molar-refractivity contribution in [2.75, 3.05) is 14.1 Å². The summed E-state index contributed by atoms with van der Waals surface area (Å²) in [6.45, 7) is 0. The lowest BCUT2D eigenvalue weighted by Crippen LogP contribution is -2.50. The van der Waals surface area contributed by atoms with Crippen molar-refractivity contribution in [1.82, 2.24) is 15.5 Å². The van der Waals surface area contributed by atoms with Gasteiger partial charge >= 0.3 is 6.03 Å². The number of carbonyl (C=O) groups excluding carboxylic acids is 1. The molecular weight excluding hydrogens is 254 g/mol. The van der Waals surface area contributed by atoms with Crippen LogP contribution in [0.25, 0.3) is 0 Å². The van der Waals surface area contributed by atoms with Gasteiger partial charge in [-0.15, -0.1) is 0 Å². The first-order chi connectivity index (χ1) is 9.54. The highest BCUT2D eigenvalue weighted by Gasteiger charge is 2.26. The van der Waals surface area contributed by atoms with Crippen molar-refractivity contribution >= 4 is 6.03 Å². The van der Waals surface area contributed by atoms with Crippen LogP contribution in [-0.4, -0.2) is 54.4 Å². The van der Waals surface area contributed by atoms with Gasteiger partial charge in [0.25, 0.3) is 0 Å². The van der Waals surface area contributed by atoms with E-state index in [1.807, 2.05) is 0 Å². The molecule has 116 valence electrons. The fourth-order valence-electron chi connectivity index (χ4n) is 3.40. The number of aliphatic hydroxyl groups excluding tert-OH is 1. The molecule has 5 nitrogen and oxygen atoms in total. The number of hydrogen-bond donors (Lipinski definition) is 3. The highest BCUT2D eigenvalue weighted by molar-refractivity contribution is 5.74. The van der Waals surface area contributed by atoms with Crippen LogP contribution in [-0.2, 0) is 0 Å². The molecule has 0 aromatic carbocycles. The molecule has 2 saturated carbocycles. The Morgan fingerprint density at radius 1 is 1.00 bits per heavy atom. The molecule has 2 amide bonds. The summed E-state index contributed by atoms with van der Waals surface area (Å²) in [6, 6.07) is 1.08. The Bertz CT molecular complexity index is 314. The number of nitrogens with zero attached hydrogens (tertiary/aromatic N) is 1. The van der Waals surface area contributed by atoms with Crippen LogP contribution in [0.15, 0.2) is 0 Å². The minimum Gasteiger partial charge on any atom is -0.393 e. The Morgan fingerprint density at radius 2 is 1.65 bits per heavy atom. The van der Waals surface area contributed by atoms with E-state index in [4.69, 9.17) is 0 Å². The second-order valence-corrected chi connectivity index (χ2v) is 6.60. The van der Waals surface area contributed by atoms with Crippen molar-refractivity contribution in [1.29, 1.82) is 0 Å². The molecule has 0 heterocycles. The molecule has 0 aromatic rings. The van der Waals surface area contributed by atoms with E-state index in [0.717, 1.165) is 38.5 Å². The van der Waals surface area contributed by atoms with E-state index in [2.05, 4.69) is 29.6 Å². The summed E-state index contributed by atoms with van der Waals surface area (Å²) in [6.07, 6.45) is 7.75. The summed E-state index contributed by atoms with van der Waals surface area (Å²) in [5.74, 6) is 0. The average Bonchev–Trinajstić information content (AvgIpc) is 2.41. The lowest BCUT2D eigenvalue weighted by atomic mass is 9.90. The molecule has 0 bridgehead atoms. The van der Waals surface area contributed by atoms with Crippen LogP contribution in [0.3, 0.4) is 0 Å². The second-order valence-electron chi connectivity index (χ2n) is 6.60. The summed E-state index contributed by atoms with van der Waals surface area (Å²) >= 11 is 0. The zero-order chi connectivity index (χ0) is 14.5. The zero-order valence-electron chi connectivity index (χ0n) is 12.8. The number of urea groups is 1. The number of amides is 2. The van der Waals surface area contributed by atoms with Crippen LogP contribution in [0.5, 0.6) is 0 Å². The average molecular weight is 283 g/mol. The van der Waals surface area contributed by atoms with E-state index in [1.165, 1.54) is 12.8 Å². The van der Waals surface area contributed by atoms with Gasteiger partial charge in [0.1, 0.15) is 0 Å². The van der Waals surface area contributed by atoms with Crippen LogP contribution >= 0.6 is 0 Å². The summed E-state index contributed by atoms with van der Waals surface area (Å²) < 4.78 is 0. The zero-order valence-corrected chi connectivity index (χ0v) is 12.8. The third kappa shape index (κ3) is 4.63. The topological polar surface area (TPSA) is 64.6 Å². The van der Waals surface area contributed by atoms with Gasteiger partial charge in [0.2, 0.25) is 0 Å². The Balaban J connectivity index is 1.71. The molecule has 0 spiro atoms. The van der Waals surface area contributed by atoms with Gasteiger partial charge in [-0.05, 0) is 65.5 Å². The van der Waals surface area contributed by atoms with Crippen LogP contribution < -0.4 is 10.6 Å². The van der Waals surface area contributed by atoms with E-state index < -0.39 is 0 Å². The molecule has 2 rings (SSSR count). The van der Waals surface area contributed by atoms with E-state index in [9.17, 15) is 9.90 Å². The Morgan fingerprint density at radius 3 is 2.30 bits per heavy atom. The Hall–Kier alpha value is -0.810. The predicted molar refractivity (Wildman–Crippen MR) is 79.7 cm³/mol. The predicted octanol–water partition coefficient (Wildman–Crippen LogP) is 1.46. The van der Waals surface area contributed by atoms with Gasteiger partial charge in [-0.3, -0.25) is 0 Å². The van der Waals surface area contributed by atoms with Gasteiger partial charge in [-0.25, -0.2) is 4.79 Å². The van der Waals surface area contributed by atoms with E-state index in [-0.39, 0.29) is 18.2 Å². The molecule has 2 fully saturated rings. The molecule has 5 heteroatoms. The Labute approximate surface area is 122 Å². The van der Waals surface area contributed by atoms with Crippen molar-refractivity contribution < 1.29 is 9.90 Å². The van der Waals surface area contributed by atoms with Crippen molar-refractivity contribution in [3.63, 3.8) is 0 Å². The number of nitrogens with one attached hydrogen (secondary N) is 2. The van der Waals surface area contributed by atoms with Gasteiger partial charge in [0.15, 0.2) is 0 Å². The standard InChI is InChI=1S/C15H29N3O2/c1-18(2)13-5-3-4-12(10-13)17-15(20)16-11-6-8-14(19)9-7-11/h11-14,19H,3-10H2,1-2H3,(H2,16,17,20). The smallest absolute Gasteiger partial charge is 0.315 e. The molecule has 2 unspecified atom stereocenters. The third-order valence-corrected chi connectivity index (χ3v) is 4.74. The molecule has 2 aliphatic carbocycles. The number of aliphatic hydroxyl groups is 1. The molecule has 0 radical (unpaired) electrons. The largest absolute Gasteiger partial charge is 0.393 e. The van der Waals surface area contributed by atoms with Crippen LogP contribution in [0.4, 0.5) is 4.79 Å². The molecule has 0 aliphatic heterocycles. The maximum Gasteiger partial charge on any atom is 0.315 e. The molecule has 20 heavy (non-hydrogen) atoms. The molecule has 2 atom stereocenters. The monoisotopic (exact) mass is 283 g/mol. The highest BCUT2D eigenvalue weighted by atomic mass is 16.3. The Kier molecular flexibility index (Phi) is 5.66. The van der Waals surface area contributed by atoms with Crippen molar-refractivity contribution in [2.24, 2.45) is 0 Å². The van der Waals surface area contributed by atoms with E-state index in [0.29, 0.717) is 12.1 Å². The van der Waals surface area contributed by atoms with Gasteiger partial charge < -0.3 is 20.6 Å². The molecule has 2 aliphatic rings. The maximum absolute atomic E-state index is 12.0. The van der Waals surface area contributed by atoms with Crippen molar-refractivity contribution in [3.8, 4) is 0 Å². The van der Waals surface area contributed by atoms with Gasteiger partial charge in [-0.1, -0.05) is 0 Å². The third-order valence-electron chi connectivity index (χ3n) is 4.74. The first kappa shape index (κ1) is 15.6. The summed E-state index contributed by atoms with van der Waals surface area (Å²) in [4.78, 5) is 14.3. The first-order valence-electron chi connectivity index (χ1n) is 7.96. The molecule has 3 N–H and O–H groups in total. The summed E-state index contributed by atoms with van der Waals surface area (Å²) in [5.41, 5.74) is 0. The van der Waals surface area contributed by atoms with Crippen molar-refractivity contribution in [3.05, 3.63) is 0 Å². The lowest BCUT2D eigenvalue weighted by molar-refractivity contribution is 0.117.